The Balaban J connectivity index is 2.05. The first-order valence-electron chi connectivity index (χ1n) is 5.00. The van der Waals surface area contributed by atoms with Crippen molar-refractivity contribution in [1.82, 2.24) is 10.2 Å². The molecular weight excluding hydrogens is 250 g/mol. The van der Waals surface area contributed by atoms with Crippen LogP contribution in [0.2, 0.25) is 5.15 Å². The van der Waals surface area contributed by atoms with Crippen molar-refractivity contribution in [2.24, 2.45) is 0 Å². The predicted molar refractivity (Wildman–Crippen MR) is 62.3 cm³/mol. The highest BCUT2D eigenvalue weighted by atomic mass is 35.5. The molecule has 88 valence electrons. The average molecular weight is 262 g/mol. The molecule has 0 spiro atoms. The van der Waals surface area contributed by atoms with Gasteiger partial charge in [-0.2, -0.15) is 5.10 Å². The third kappa shape index (κ3) is 3.05. The minimum atomic E-state index is -2.89. The number of halogens is 1. The number of rotatable bonds is 2. The molecule has 0 radical (unpaired) electrons. The van der Waals surface area contributed by atoms with E-state index in [1.165, 1.54) is 6.20 Å². The predicted octanol–water partition coefficient (Wildman–Crippen LogP) is 1.12. The van der Waals surface area contributed by atoms with Crippen LogP contribution in [0.4, 0.5) is 5.69 Å². The van der Waals surface area contributed by atoms with Gasteiger partial charge in [0.15, 0.2) is 15.0 Å². The van der Waals surface area contributed by atoms with E-state index in [4.69, 9.17) is 11.6 Å². The smallest absolute Gasteiger partial charge is 0.153 e. The van der Waals surface area contributed by atoms with Gasteiger partial charge in [-0.1, -0.05) is 11.6 Å². The van der Waals surface area contributed by atoms with E-state index in [-0.39, 0.29) is 11.8 Å². The number of nitrogens with one attached hydrogen (secondary N) is 1. The van der Waals surface area contributed by atoms with Gasteiger partial charge in [-0.3, -0.25) is 0 Å². The fourth-order valence-corrected chi connectivity index (χ4v) is 3.59. The van der Waals surface area contributed by atoms with Crippen LogP contribution in [0.1, 0.15) is 12.8 Å². The quantitative estimate of drug-likeness (QED) is 0.864. The Morgan fingerprint density at radius 1 is 1.50 bits per heavy atom. The molecule has 1 aromatic heterocycles. The highest BCUT2D eigenvalue weighted by Crippen LogP contribution is 2.18. The number of anilines is 1. The molecule has 1 fully saturated rings. The van der Waals surface area contributed by atoms with Crippen LogP contribution in [-0.4, -0.2) is 36.2 Å². The maximum Gasteiger partial charge on any atom is 0.153 e. The van der Waals surface area contributed by atoms with Crippen molar-refractivity contribution in [3.05, 3.63) is 17.4 Å². The van der Waals surface area contributed by atoms with Crippen molar-refractivity contribution in [1.29, 1.82) is 0 Å². The van der Waals surface area contributed by atoms with E-state index in [0.717, 1.165) is 6.42 Å². The summed E-state index contributed by atoms with van der Waals surface area (Å²) in [5.74, 6) is 0.466. The molecule has 0 bridgehead atoms. The van der Waals surface area contributed by atoms with Gasteiger partial charge >= 0.3 is 0 Å². The Morgan fingerprint density at radius 3 is 3.00 bits per heavy atom. The first-order valence-corrected chi connectivity index (χ1v) is 7.20. The van der Waals surface area contributed by atoms with Gasteiger partial charge in [0.05, 0.1) is 23.4 Å². The Hall–Kier alpha value is -0.880. The fraction of sp³-hybridized carbons (Fsp3) is 0.556. The molecule has 1 N–H and O–H groups in total. The molecule has 0 amide bonds. The van der Waals surface area contributed by atoms with Gasteiger partial charge in [-0.05, 0) is 12.8 Å². The lowest BCUT2D eigenvalue weighted by Gasteiger charge is -2.23. The van der Waals surface area contributed by atoms with Gasteiger partial charge in [-0.15, -0.1) is 5.10 Å². The summed E-state index contributed by atoms with van der Waals surface area (Å²) in [5.41, 5.74) is 0.710. The summed E-state index contributed by atoms with van der Waals surface area (Å²) in [4.78, 5) is 0. The van der Waals surface area contributed by atoms with Gasteiger partial charge in [0.25, 0.3) is 0 Å². The maximum atomic E-state index is 11.4. The van der Waals surface area contributed by atoms with Crippen LogP contribution in [0.5, 0.6) is 0 Å². The van der Waals surface area contributed by atoms with Crippen LogP contribution in [-0.2, 0) is 9.84 Å². The van der Waals surface area contributed by atoms with Crippen LogP contribution in [0.25, 0.3) is 0 Å². The van der Waals surface area contributed by atoms with Crippen LogP contribution < -0.4 is 5.32 Å². The zero-order valence-corrected chi connectivity index (χ0v) is 10.1. The Kier molecular flexibility index (Phi) is 3.30. The largest absolute Gasteiger partial charge is 0.380 e. The summed E-state index contributed by atoms with van der Waals surface area (Å²) in [6.07, 6.45) is 3.08. The summed E-state index contributed by atoms with van der Waals surface area (Å²) < 4.78 is 22.8. The minimum absolute atomic E-state index is 0.0565. The number of nitrogens with zero attached hydrogens (tertiary/aromatic N) is 2. The summed E-state index contributed by atoms with van der Waals surface area (Å²) in [7, 11) is -2.89. The number of hydrogen-bond donors (Lipinski definition) is 1. The van der Waals surface area contributed by atoms with Crippen LogP contribution in [0.3, 0.4) is 0 Å². The van der Waals surface area contributed by atoms with E-state index < -0.39 is 9.84 Å². The van der Waals surface area contributed by atoms with Crippen molar-refractivity contribution >= 4 is 27.1 Å². The highest BCUT2D eigenvalue weighted by Gasteiger charge is 2.24. The zero-order chi connectivity index (χ0) is 11.6. The molecule has 0 saturated carbocycles. The highest BCUT2D eigenvalue weighted by molar-refractivity contribution is 7.91. The van der Waals surface area contributed by atoms with Crippen molar-refractivity contribution < 1.29 is 8.42 Å². The normalized spacial score (nSPS) is 23.9. The van der Waals surface area contributed by atoms with Gasteiger partial charge in [0, 0.05) is 12.1 Å². The molecule has 1 aliphatic rings. The molecule has 5 nitrogen and oxygen atoms in total. The molecule has 1 unspecified atom stereocenters. The fourth-order valence-electron chi connectivity index (χ4n) is 1.79. The number of aromatic nitrogens is 2. The van der Waals surface area contributed by atoms with E-state index in [2.05, 4.69) is 15.5 Å². The molecule has 0 aromatic carbocycles. The third-order valence-electron chi connectivity index (χ3n) is 2.46. The topological polar surface area (TPSA) is 72.0 Å². The first-order chi connectivity index (χ1) is 7.55. The third-order valence-corrected chi connectivity index (χ3v) is 4.46. The second kappa shape index (κ2) is 4.55. The first kappa shape index (κ1) is 11.6. The molecule has 0 aliphatic carbocycles. The van der Waals surface area contributed by atoms with Gasteiger partial charge in [0.2, 0.25) is 0 Å². The molecule has 16 heavy (non-hydrogen) atoms. The molecule has 2 heterocycles. The van der Waals surface area contributed by atoms with Crippen LogP contribution >= 0.6 is 11.6 Å². The summed E-state index contributed by atoms with van der Waals surface area (Å²) in [5, 5.41) is 10.7. The van der Waals surface area contributed by atoms with Gasteiger partial charge in [0.1, 0.15) is 0 Å². The molecular formula is C9H12ClN3O2S. The summed E-state index contributed by atoms with van der Waals surface area (Å²) in [6, 6.07) is 1.58. The molecule has 1 saturated heterocycles. The number of sulfone groups is 1. The standard InChI is InChI=1S/C9H12ClN3O2S/c10-9-4-8(5-11-13-9)12-7-2-1-3-16(14,15)6-7/h4-5,7H,1-3,6H2,(H,12,13). The molecule has 1 aliphatic heterocycles. The molecule has 1 aromatic rings. The second-order valence-corrected chi connectivity index (χ2v) is 6.48. The number of hydrogen-bond acceptors (Lipinski definition) is 5. The van der Waals surface area contributed by atoms with Crippen LogP contribution in [0.15, 0.2) is 12.3 Å². The van der Waals surface area contributed by atoms with E-state index in [9.17, 15) is 8.42 Å². The SMILES string of the molecule is O=S1(=O)CCCC(Nc2cnnc(Cl)c2)C1. The van der Waals surface area contributed by atoms with Crippen LogP contribution in [0, 0.1) is 0 Å². The lowest BCUT2D eigenvalue weighted by molar-refractivity contribution is 0.562. The minimum Gasteiger partial charge on any atom is -0.380 e. The van der Waals surface area contributed by atoms with Gasteiger partial charge < -0.3 is 5.32 Å². The van der Waals surface area contributed by atoms with Crippen molar-refractivity contribution in [2.45, 2.75) is 18.9 Å². The summed E-state index contributed by atoms with van der Waals surface area (Å²) >= 11 is 5.69. The van der Waals surface area contributed by atoms with Gasteiger partial charge in [-0.25, -0.2) is 8.42 Å². The van der Waals surface area contributed by atoms with Crippen molar-refractivity contribution in [3.63, 3.8) is 0 Å². The Bertz CT molecular complexity index is 477. The van der Waals surface area contributed by atoms with E-state index >= 15 is 0 Å². The Labute approximate surface area is 99.1 Å². The lowest BCUT2D eigenvalue weighted by Crippen LogP contribution is -2.34. The molecule has 7 heteroatoms. The second-order valence-electron chi connectivity index (χ2n) is 3.86. The van der Waals surface area contributed by atoms with Crippen molar-refractivity contribution in [3.8, 4) is 0 Å². The molecule has 2 rings (SSSR count). The maximum absolute atomic E-state index is 11.4. The van der Waals surface area contributed by atoms with E-state index in [1.807, 2.05) is 0 Å². The van der Waals surface area contributed by atoms with E-state index in [0.29, 0.717) is 23.0 Å². The molecule has 1 atom stereocenters. The van der Waals surface area contributed by atoms with E-state index in [1.54, 1.807) is 6.07 Å². The zero-order valence-electron chi connectivity index (χ0n) is 8.56. The van der Waals surface area contributed by atoms with Crippen molar-refractivity contribution in [2.75, 3.05) is 16.8 Å². The lowest BCUT2D eigenvalue weighted by atomic mass is 10.2. The average Bonchev–Trinajstić information content (AvgIpc) is 2.15. The summed E-state index contributed by atoms with van der Waals surface area (Å²) in [6.45, 7) is 0. The Morgan fingerprint density at radius 2 is 2.31 bits per heavy atom. The monoisotopic (exact) mass is 261 g/mol.